The number of rotatable bonds is 8. The number of sulfonamides is 1. The lowest BCUT2D eigenvalue weighted by molar-refractivity contribution is -0.384. The molecular formula is C23H25N5O6S. The van der Waals surface area contributed by atoms with E-state index in [1.807, 2.05) is 6.07 Å². The second-order valence-corrected chi connectivity index (χ2v) is 9.98. The van der Waals surface area contributed by atoms with Crippen LogP contribution in [0.4, 0.5) is 11.4 Å². The van der Waals surface area contributed by atoms with Crippen molar-refractivity contribution in [3.63, 3.8) is 0 Å². The maximum Gasteiger partial charge on any atom is 0.294 e. The summed E-state index contributed by atoms with van der Waals surface area (Å²) in [5.41, 5.74) is 0.286. The quantitative estimate of drug-likeness (QED) is 0.369. The summed E-state index contributed by atoms with van der Waals surface area (Å²) in [5, 5.41) is 15.1. The number of nitro benzene ring substituents is 1. The van der Waals surface area contributed by atoms with Crippen LogP contribution >= 0.6 is 0 Å². The molecule has 0 atom stereocenters. The van der Waals surface area contributed by atoms with E-state index in [2.05, 4.69) is 15.2 Å². The van der Waals surface area contributed by atoms with Crippen LogP contribution in [-0.4, -0.2) is 79.9 Å². The van der Waals surface area contributed by atoms with Gasteiger partial charge in [-0.2, -0.15) is 4.31 Å². The maximum atomic E-state index is 13.1. The Balaban J connectivity index is 1.53. The molecule has 1 aliphatic heterocycles. The summed E-state index contributed by atoms with van der Waals surface area (Å²) in [6.07, 6.45) is 1.60. The van der Waals surface area contributed by atoms with Crippen molar-refractivity contribution in [3.8, 4) is 0 Å². The molecule has 2 heterocycles. The summed E-state index contributed by atoms with van der Waals surface area (Å²) < 4.78 is 32.6. The standard InChI is InChI=1S/C23H25N5O6S/c1-34-14-13-26-9-11-27(12-10-26)35(32,33)19-6-7-20(22(16-19)28(30)31)25-23(29)18-5-4-17-3-2-8-24-21(17)15-18/h2-8,15-16H,9-14H2,1H3,(H,25,29). The SMILES string of the molecule is COCCN1CCN(S(=O)(=O)c2ccc(NC(=O)c3ccc4cccnc4c3)c([N+](=O)[O-])c2)CC1. The van der Waals surface area contributed by atoms with Crippen molar-refractivity contribution in [2.24, 2.45) is 0 Å². The van der Waals surface area contributed by atoms with Crippen LogP contribution in [0.1, 0.15) is 10.4 Å². The number of anilines is 1. The monoisotopic (exact) mass is 499 g/mol. The van der Waals surface area contributed by atoms with E-state index in [0.717, 1.165) is 11.5 Å². The Bertz CT molecular complexity index is 1360. The summed E-state index contributed by atoms with van der Waals surface area (Å²) in [6, 6.07) is 12.1. The van der Waals surface area contributed by atoms with Gasteiger partial charge in [0.2, 0.25) is 10.0 Å². The number of methoxy groups -OCH3 is 1. The van der Waals surface area contributed by atoms with Gasteiger partial charge in [-0.05, 0) is 30.3 Å². The molecule has 1 amide bonds. The minimum absolute atomic E-state index is 0.0931. The molecule has 1 N–H and O–H groups in total. The van der Waals surface area contributed by atoms with E-state index in [0.29, 0.717) is 31.8 Å². The molecule has 11 nitrogen and oxygen atoms in total. The van der Waals surface area contributed by atoms with E-state index in [-0.39, 0.29) is 29.2 Å². The van der Waals surface area contributed by atoms with Crippen molar-refractivity contribution in [1.82, 2.24) is 14.2 Å². The fourth-order valence-electron chi connectivity index (χ4n) is 3.89. The third kappa shape index (κ3) is 5.46. The third-order valence-electron chi connectivity index (χ3n) is 5.86. The number of ether oxygens (including phenoxy) is 1. The molecule has 184 valence electrons. The number of hydrogen-bond donors (Lipinski definition) is 1. The van der Waals surface area contributed by atoms with E-state index < -0.39 is 26.5 Å². The van der Waals surface area contributed by atoms with Crippen LogP contribution in [0.25, 0.3) is 10.9 Å². The lowest BCUT2D eigenvalue weighted by Crippen LogP contribution is -2.49. The van der Waals surface area contributed by atoms with Gasteiger partial charge in [-0.3, -0.25) is 24.8 Å². The van der Waals surface area contributed by atoms with Gasteiger partial charge in [-0.25, -0.2) is 8.42 Å². The fraction of sp³-hybridized carbons (Fsp3) is 0.304. The topological polar surface area (TPSA) is 135 Å². The zero-order valence-electron chi connectivity index (χ0n) is 19.1. The largest absolute Gasteiger partial charge is 0.383 e. The number of nitrogens with one attached hydrogen (secondary N) is 1. The second kappa shape index (κ2) is 10.4. The van der Waals surface area contributed by atoms with Gasteiger partial charge in [0, 0.05) is 63.0 Å². The second-order valence-electron chi connectivity index (χ2n) is 8.04. The third-order valence-corrected chi connectivity index (χ3v) is 7.76. The van der Waals surface area contributed by atoms with Crippen LogP contribution in [0.3, 0.4) is 0 Å². The average molecular weight is 500 g/mol. The lowest BCUT2D eigenvalue weighted by atomic mass is 10.1. The van der Waals surface area contributed by atoms with Crippen LogP contribution in [0.5, 0.6) is 0 Å². The van der Waals surface area contributed by atoms with Gasteiger partial charge in [0.15, 0.2) is 0 Å². The zero-order valence-corrected chi connectivity index (χ0v) is 19.9. The highest BCUT2D eigenvalue weighted by atomic mass is 32.2. The molecule has 0 aliphatic carbocycles. The van der Waals surface area contributed by atoms with E-state index >= 15 is 0 Å². The van der Waals surface area contributed by atoms with Crippen molar-refractivity contribution in [2.45, 2.75) is 4.90 Å². The number of piperazine rings is 1. The number of hydrogen-bond acceptors (Lipinski definition) is 8. The Morgan fingerprint density at radius 2 is 1.91 bits per heavy atom. The van der Waals surface area contributed by atoms with Crippen LogP contribution in [0, 0.1) is 10.1 Å². The molecule has 1 saturated heterocycles. The Morgan fingerprint density at radius 1 is 1.14 bits per heavy atom. The number of fused-ring (bicyclic) bond motifs is 1. The minimum Gasteiger partial charge on any atom is -0.383 e. The van der Waals surface area contributed by atoms with Crippen molar-refractivity contribution in [3.05, 3.63) is 70.4 Å². The fourth-order valence-corrected chi connectivity index (χ4v) is 5.34. The number of nitro groups is 1. The minimum atomic E-state index is -3.93. The number of aromatic nitrogens is 1. The smallest absolute Gasteiger partial charge is 0.294 e. The molecule has 0 spiro atoms. The predicted octanol–water partition coefficient (Wildman–Crippen LogP) is 2.35. The number of carbonyl (C=O) groups excluding carboxylic acids is 1. The van der Waals surface area contributed by atoms with Crippen LogP contribution in [0.15, 0.2) is 59.6 Å². The van der Waals surface area contributed by atoms with Crippen molar-refractivity contribution in [1.29, 1.82) is 0 Å². The van der Waals surface area contributed by atoms with E-state index in [9.17, 15) is 23.3 Å². The van der Waals surface area contributed by atoms with Crippen LogP contribution < -0.4 is 5.32 Å². The van der Waals surface area contributed by atoms with Crippen molar-refractivity contribution >= 4 is 38.2 Å². The first-order valence-electron chi connectivity index (χ1n) is 11.0. The molecule has 35 heavy (non-hydrogen) atoms. The Morgan fingerprint density at radius 3 is 2.63 bits per heavy atom. The molecule has 1 fully saturated rings. The van der Waals surface area contributed by atoms with Gasteiger partial charge in [0.05, 0.1) is 21.9 Å². The molecular weight excluding hydrogens is 474 g/mol. The van der Waals surface area contributed by atoms with Gasteiger partial charge in [-0.1, -0.05) is 12.1 Å². The van der Waals surface area contributed by atoms with Crippen LogP contribution in [0.2, 0.25) is 0 Å². The molecule has 12 heteroatoms. The van der Waals surface area contributed by atoms with Gasteiger partial charge >= 0.3 is 0 Å². The average Bonchev–Trinajstić information content (AvgIpc) is 2.87. The van der Waals surface area contributed by atoms with Gasteiger partial charge in [-0.15, -0.1) is 0 Å². The van der Waals surface area contributed by atoms with E-state index in [1.54, 1.807) is 37.6 Å². The molecule has 1 aromatic heterocycles. The summed E-state index contributed by atoms with van der Waals surface area (Å²) in [6.45, 7) is 2.89. The van der Waals surface area contributed by atoms with Crippen molar-refractivity contribution in [2.75, 3.05) is 51.8 Å². The van der Waals surface area contributed by atoms with E-state index in [4.69, 9.17) is 4.74 Å². The summed E-state index contributed by atoms with van der Waals surface area (Å²) in [7, 11) is -2.32. The number of carbonyl (C=O) groups is 1. The molecule has 2 aromatic carbocycles. The first kappa shape index (κ1) is 24.7. The Labute approximate surface area is 202 Å². The maximum absolute atomic E-state index is 13.1. The zero-order chi connectivity index (χ0) is 25.0. The summed E-state index contributed by atoms with van der Waals surface area (Å²) in [5.74, 6) is -0.566. The molecule has 0 bridgehead atoms. The Hall–Kier alpha value is -3.45. The number of pyridine rings is 1. The highest BCUT2D eigenvalue weighted by Crippen LogP contribution is 2.30. The predicted molar refractivity (Wildman–Crippen MR) is 130 cm³/mol. The Kier molecular flexibility index (Phi) is 7.36. The normalized spacial score (nSPS) is 15.2. The summed E-state index contributed by atoms with van der Waals surface area (Å²) >= 11 is 0. The number of benzene rings is 2. The molecule has 0 unspecified atom stereocenters. The summed E-state index contributed by atoms with van der Waals surface area (Å²) in [4.78, 5) is 29.9. The van der Waals surface area contributed by atoms with Gasteiger partial charge < -0.3 is 10.1 Å². The highest BCUT2D eigenvalue weighted by molar-refractivity contribution is 7.89. The van der Waals surface area contributed by atoms with E-state index in [1.165, 1.54) is 16.4 Å². The van der Waals surface area contributed by atoms with Gasteiger partial charge in [0.25, 0.3) is 11.6 Å². The van der Waals surface area contributed by atoms with Crippen molar-refractivity contribution < 1.29 is 22.9 Å². The molecule has 4 rings (SSSR count). The lowest BCUT2D eigenvalue weighted by Gasteiger charge is -2.33. The number of amides is 1. The molecule has 0 radical (unpaired) electrons. The number of nitrogens with zero attached hydrogens (tertiary/aromatic N) is 4. The highest BCUT2D eigenvalue weighted by Gasteiger charge is 2.30. The molecule has 3 aromatic rings. The molecule has 1 aliphatic rings. The van der Waals surface area contributed by atoms with Crippen LogP contribution in [-0.2, 0) is 14.8 Å². The first-order chi connectivity index (χ1) is 16.8. The van der Waals surface area contributed by atoms with Gasteiger partial charge in [0.1, 0.15) is 5.69 Å². The molecule has 0 saturated carbocycles. The first-order valence-corrected chi connectivity index (χ1v) is 12.4.